The molecule has 1 aliphatic carbocycles. The highest BCUT2D eigenvalue weighted by Gasteiger charge is 2.46. The summed E-state index contributed by atoms with van der Waals surface area (Å²) >= 11 is 0. The van der Waals surface area contributed by atoms with Crippen molar-refractivity contribution >= 4 is 8.32 Å². The van der Waals surface area contributed by atoms with Crippen molar-refractivity contribution in [3.63, 3.8) is 0 Å². The zero-order chi connectivity index (χ0) is 20.1. The number of hydrogen-bond acceptors (Lipinski definition) is 5. The van der Waals surface area contributed by atoms with Gasteiger partial charge in [0.1, 0.15) is 0 Å². The predicted octanol–water partition coefficient (Wildman–Crippen LogP) is 4.12. The molecule has 162 valence electrons. The number of fused-ring (bicyclic) bond motifs is 1. The van der Waals surface area contributed by atoms with Crippen molar-refractivity contribution in [2.75, 3.05) is 19.8 Å². The van der Waals surface area contributed by atoms with Crippen LogP contribution in [0.15, 0.2) is 12.2 Å². The minimum atomic E-state index is -1.70. The monoisotopic (exact) mass is 412 g/mol. The Hall–Kier alpha value is -0.243. The molecule has 0 aromatic heterocycles. The van der Waals surface area contributed by atoms with Crippen molar-refractivity contribution in [3.05, 3.63) is 12.2 Å². The Morgan fingerprint density at radius 1 is 1.25 bits per heavy atom. The number of hydrogen-bond donors (Lipinski definition) is 1. The largest absolute Gasteiger partial charge is 0.417 e. The molecular formula is C22H40O5Si. The molecule has 6 heteroatoms. The summed E-state index contributed by atoms with van der Waals surface area (Å²) in [6.07, 6.45) is 9.34. The van der Waals surface area contributed by atoms with Crippen LogP contribution in [0.3, 0.4) is 0 Å². The molecule has 0 bridgehead atoms. The normalized spacial score (nSPS) is 36.5. The van der Waals surface area contributed by atoms with Gasteiger partial charge in [0.2, 0.25) is 0 Å². The van der Waals surface area contributed by atoms with E-state index in [-0.39, 0.29) is 43.0 Å². The second-order valence-corrected chi connectivity index (χ2v) is 14.0. The zero-order valence-electron chi connectivity index (χ0n) is 18.1. The van der Waals surface area contributed by atoms with E-state index in [1.165, 1.54) is 12.5 Å². The Balaban J connectivity index is 1.69. The van der Waals surface area contributed by atoms with E-state index >= 15 is 0 Å². The molecule has 3 aliphatic rings. The fourth-order valence-electron chi connectivity index (χ4n) is 5.06. The maximum absolute atomic E-state index is 9.59. The smallest absolute Gasteiger partial charge is 0.186 e. The quantitative estimate of drug-likeness (QED) is 0.480. The summed E-state index contributed by atoms with van der Waals surface area (Å²) in [6.45, 7) is 10.8. The molecule has 1 saturated heterocycles. The second kappa shape index (κ2) is 10.2. The van der Waals surface area contributed by atoms with Crippen LogP contribution in [0.2, 0.25) is 19.1 Å². The van der Waals surface area contributed by atoms with E-state index in [0.717, 1.165) is 38.9 Å². The van der Waals surface area contributed by atoms with E-state index < -0.39 is 8.32 Å². The lowest BCUT2D eigenvalue weighted by Crippen LogP contribution is -2.38. The average molecular weight is 413 g/mol. The van der Waals surface area contributed by atoms with Gasteiger partial charge in [-0.2, -0.15) is 0 Å². The fourth-order valence-corrected chi connectivity index (χ4v) is 7.79. The summed E-state index contributed by atoms with van der Waals surface area (Å²) in [5, 5.41) is 9.59. The lowest BCUT2D eigenvalue weighted by atomic mass is 9.94. The van der Waals surface area contributed by atoms with Crippen LogP contribution in [-0.2, 0) is 18.6 Å². The highest BCUT2D eigenvalue weighted by Crippen LogP contribution is 2.41. The molecule has 0 amide bonds. The summed E-state index contributed by atoms with van der Waals surface area (Å²) < 4.78 is 25.1. The van der Waals surface area contributed by atoms with Gasteiger partial charge in [-0.25, -0.2) is 0 Å². The molecular weight excluding hydrogens is 372 g/mol. The lowest BCUT2D eigenvalue weighted by molar-refractivity contribution is -0.197. The summed E-state index contributed by atoms with van der Waals surface area (Å²) in [5.41, 5.74) is 0. The Bertz CT molecular complexity index is 503. The van der Waals surface area contributed by atoms with Crippen LogP contribution in [-0.4, -0.2) is 57.8 Å². The first-order chi connectivity index (χ1) is 13.4. The van der Waals surface area contributed by atoms with Crippen molar-refractivity contribution < 1.29 is 23.7 Å². The van der Waals surface area contributed by atoms with E-state index in [4.69, 9.17) is 18.6 Å². The number of rotatable bonds is 8. The predicted molar refractivity (Wildman–Crippen MR) is 113 cm³/mol. The topological polar surface area (TPSA) is 57.2 Å². The summed E-state index contributed by atoms with van der Waals surface area (Å²) in [5.74, 6) is 1.23. The summed E-state index contributed by atoms with van der Waals surface area (Å²) in [4.78, 5) is 0. The first-order valence-corrected chi connectivity index (χ1v) is 14.3. The molecule has 0 spiro atoms. The third-order valence-electron chi connectivity index (χ3n) is 6.22. The fraction of sp³-hybridized carbons (Fsp3) is 0.909. The third kappa shape index (κ3) is 6.13. The van der Waals surface area contributed by atoms with Crippen molar-refractivity contribution in [3.8, 4) is 0 Å². The molecule has 28 heavy (non-hydrogen) atoms. The number of aliphatic hydroxyl groups excluding tert-OH is 1. The Labute approximate surface area is 171 Å². The van der Waals surface area contributed by atoms with Gasteiger partial charge in [-0.3, -0.25) is 0 Å². The maximum atomic E-state index is 9.59. The van der Waals surface area contributed by atoms with Crippen LogP contribution in [0.1, 0.15) is 46.0 Å². The maximum Gasteiger partial charge on any atom is 0.186 e. The van der Waals surface area contributed by atoms with Crippen LogP contribution in [0.5, 0.6) is 0 Å². The van der Waals surface area contributed by atoms with Crippen LogP contribution >= 0.6 is 0 Å². The second-order valence-electron chi connectivity index (χ2n) is 9.76. The highest BCUT2D eigenvalue weighted by molar-refractivity contribution is 6.71. The van der Waals surface area contributed by atoms with Gasteiger partial charge in [0.25, 0.3) is 0 Å². The molecule has 3 rings (SSSR count). The van der Waals surface area contributed by atoms with E-state index in [9.17, 15) is 5.11 Å². The number of ether oxygens (including phenoxy) is 3. The van der Waals surface area contributed by atoms with Gasteiger partial charge in [-0.15, -0.1) is 0 Å². The number of aliphatic hydroxyl groups is 1. The van der Waals surface area contributed by atoms with Crippen LogP contribution < -0.4 is 0 Å². The Morgan fingerprint density at radius 3 is 2.75 bits per heavy atom. The van der Waals surface area contributed by atoms with Gasteiger partial charge < -0.3 is 23.7 Å². The molecule has 6 atom stereocenters. The van der Waals surface area contributed by atoms with E-state index in [1.54, 1.807) is 0 Å². The molecule has 2 aliphatic heterocycles. The molecule has 1 unspecified atom stereocenters. The molecule has 0 aromatic rings. The molecule has 2 fully saturated rings. The summed E-state index contributed by atoms with van der Waals surface area (Å²) in [7, 11) is -1.70. The van der Waals surface area contributed by atoms with Crippen molar-refractivity contribution in [1.82, 2.24) is 0 Å². The van der Waals surface area contributed by atoms with Gasteiger partial charge in [-0.05, 0) is 50.7 Å². The minimum Gasteiger partial charge on any atom is -0.417 e. The highest BCUT2D eigenvalue weighted by atomic mass is 28.4. The van der Waals surface area contributed by atoms with Crippen LogP contribution in [0.25, 0.3) is 0 Å². The average Bonchev–Trinajstić information content (AvgIpc) is 2.81. The Kier molecular flexibility index (Phi) is 8.16. The van der Waals surface area contributed by atoms with Crippen LogP contribution in [0.4, 0.5) is 0 Å². The first kappa shape index (κ1) is 22.4. The molecule has 0 aromatic carbocycles. The van der Waals surface area contributed by atoms with Crippen molar-refractivity contribution in [2.45, 2.75) is 89.7 Å². The van der Waals surface area contributed by atoms with E-state index in [0.29, 0.717) is 5.92 Å². The third-order valence-corrected chi connectivity index (χ3v) is 8.97. The molecule has 2 heterocycles. The summed E-state index contributed by atoms with van der Waals surface area (Å²) in [6, 6.07) is 1.17. The lowest BCUT2D eigenvalue weighted by Gasteiger charge is -2.32. The van der Waals surface area contributed by atoms with Crippen molar-refractivity contribution in [2.24, 2.45) is 17.8 Å². The van der Waals surface area contributed by atoms with Crippen molar-refractivity contribution in [1.29, 1.82) is 0 Å². The van der Waals surface area contributed by atoms with Gasteiger partial charge in [-0.1, -0.05) is 26.0 Å². The molecule has 5 nitrogen and oxygen atoms in total. The minimum absolute atomic E-state index is 0.0698. The van der Waals surface area contributed by atoms with E-state index in [1.807, 2.05) is 0 Å². The molecule has 1 N–H and O–H groups in total. The van der Waals surface area contributed by atoms with Gasteiger partial charge in [0, 0.05) is 31.5 Å². The SMILES string of the molecule is CC(C)C[Si](C)(C)OC[C@@H]1[C@H]2C=CC[C@@H](CO)O[C@H]2C[C@H]1OC1CCCCO1. The first-order valence-electron chi connectivity index (χ1n) is 11.2. The van der Waals surface area contributed by atoms with Gasteiger partial charge >= 0.3 is 0 Å². The van der Waals surface area contributed by atoms with Gasteiger partial charge in [0.15, 0.2) is 14.6 Å². The molecule has 1 saturated carbocycles. The van der Waals surface area contributed by atoms with E-state index in [2.05, 4.69) is 39.1 Å². The molecule has 0 radical (unpaired) electrons. The Morgan fingerprint density at radius 2 is 2.07 bits per heavy atom. The van der Waals surface area contributed by atoms with Crippen LogP contribution in [0, 0.1) is 17.8 Å². The van der Waals surface area contributed by atoms with Gasteiger partial charge in [0.05, 0.1) is 24.9 Å². The standard InChI is InChI=1S/C22H40O5Si/c1-16(2)15-28(3,4)25-14-19-18-9-7-8-17(13-23)26-20(18)12-21(19)27-22-10-5-6-11-24-22/h7,9,16-23H,5-6,8,10-15H2,1-4H3/t17-,18+,19+,20-,21+,22?/m0/s1. The zero-order valence-corrected chi connectivity index (χ0v) is 19.1.